The van der Waals surface area contributed by atoms with Gasteiger partial charge in [-0.25, -0.2) is 9.97 Å². The van der Waals surface area contributed by atoms with Gasteiger partial charge in [0.05, 0.1) is 33.8 Å². The summed E-state index contributed by atoms with van der Waals surface area (Å²) in [5, 5.41) is 7.42. The Labute approximate surface area is 211 Å². The molecule has 5 aromatic rings. The number of hydrogen-bond acceptors (Lipinski definition) is 7. The first-order valence-electron chi connectivity index (χ1n) is 10.9. The number of carbonyl (C=O) groups excluding carboxylic acids is 1. The summed E-state index contributed by atoms with van der Waals surface area (Å²) in [6.07, 6.45) is 3.76. The van der Waals surface area contributed by atoms with Gasteiger partial charge in [0.1, 0.15) is 12.1 Å². The second-order valence-electron chi connectivity index (χ2n) is 8.19. The summed E-state index contributed by atoms with van der Waals surface area (Å²) in [5.41, 5.74) is 11.6. The van der Waals surface area contributed by atoms with Crippen molar-refractivity contribution in [2.75, 3.05) is 18.2 Å². The van der Waals surface area contributed by atoms with Gasteiger partial charge >= 0.3 is 0 Å². The first-order chi connectivity index (χ1) is 17.0. The highest BCUT2D eigenvalue weighted by molar-refractivity contribution is 7.18. The van der Waals surface area contributed by atoms with Gasteiger partial charge in [-0.05, 0) is 35.7 Å². The second-order valence-corrected chi connectivity index (χ2v) is 9.47. The molecule has 1 amide bonds. The Kier molecular flexibility index (Phi) is 6.34. The van der Waals surface area contributed by atoms with Crippen LogP contribution < -0.4 is 11.1 Å². The van der Waals surface area contributed by atoms with E-state index in [9.17, 15) is 4.79 Å². The molecule has 0 radical (unpaired) electrons. The summed E-state index contributed by atoms with van der Waals surface area (Å²) in [6.45, 7) is 2.41. The molecule has 0 aliphatic rings. The van der Waals surface area contributed by atoms with E-state index in [0.29, 0.717) is 39.6 Å². The summed E-state index contributed by atoms with van der Waals surface area (Å²) >= 11 is 7.65. The minimum Gasteiger partial charge on any atom is -0.382 e. The van der Waals surface area contributed by atoms with Gasteiger partial charge in [-0.15, -0.1) is 11.3 Å². The fourth-order valence-corrected chi connectivity index (χ4v) is 5.21. The van der Waals surface area contributed by atoms with E-state index in [4.69, 9.17) is 22.1 Å². The minimum absolute atomic E-state index is 0.245. The first-order valence-corrected chi connectivity index (χ1v) is 12.1. The molecule has 0 atom stereocenters. The van der Waals surface area contributed by atoms with Crippen LogP contribution >= 0.6 is 22.9 Å². The van der Waals surface area contributed by atoms with Crippen molar-refractivity contribution in [3.63, 3.8) is 0 Å². The van der Waals surface area contributed by atoms with Crippen molar-refractivity contribution in [1.82, 2.24) is 15.0 Å². The molecule has 35 heavy (non-hydrogen) atoms. The summed E-state index contributed by atoms with van der Waals surface area (Å²) in [4.78, 5) is 26.2. The molecule has 0 saturated carbocycles. The molecule has 7 nitrogen and oxygen atoms in total. The number of thiophene rings is 1. The number of benzene rings is 2. The van der Waals surface area contributed by atoms with Crippen LogP contribution in [0.3, 0.4) is 0 Å². The van der Waals surface area contributed by atoms with Crippen molar-refractivity contribution in [3.05, 3.63) is 87.3 Å². The normalized spacial score (nSPS) is 11.3. The number of ether oxygens (including phenoxy) is 1. The maximum absolute atomic E-state index is 13.3. The van der Waals surface area contributed by atoms with Gasteiger partial charge in [0.2, 0.25) is 0 Å². The number of amides is 1. The predicted octanol–water partition coefficient (Wildman–Crippen LogP) is 5.77. The number of anilines is 2. The van der Waals surface area contributed by atoms with Crippen LogP contribution in [-0.4, -0.2) is 28.0 Å². The van der Waals surface area contributed by atoms with Crippen molar-refractivity contribution in [3.8, 4) is 0 Å². The van der Waals surface area contributed by atoms with Crippen LogP contribution in [0.2, 0.25) is 5.02 Å². The third kappa shape index (κ3) is 4.43. The van der Waals surface area contributed by atoms with Crippen LogP contribution in [-0.2, 0) is 17.8 Å². The molecule has 0 unspecified atom stereocenters. The Hall–Kier alpha value is -3.59. The average molecular weight is 504 g/mol. The summed E-state index contributed by atoms with van der Waals surface area (Å²) < 4.78 is 5.96. The van der Waals surface area contributed by atoms with Crippen molar-refractivity contribution in [2.24, 2.45) is 0 Å². The van der Waals surface area contributed by atoms with E-state index in [0.717, 1.165) is 38.8 Å². The predicted molar refractivity (Wildman–Crippen MR) is 141 cm³/mol. The molecule has 2 aromatic carbocycles. The Bertz CT molecular complexity index is 1580. The second kappa shape index (κ2) is 9.58. The molecule has 9 heteroatoms. The molecule has 3 N–H and O–H groups in total. The lowest BCUT2D eigenvalue weighted by molar-refractivity contribution is 0.102. The molecule has 0 fully saturated rings. The summed E-state index contributed by atoms with van der Waals surface area (Å²) in [7, 11) is 1.65. The van der Waals surface area contributed by atoms with Crippen LogP contribution in [0.4, 0.5) is 11.5 Å². The van der Waals surface area contributed by atoms with Crippen LogP contribution in [0.15, 0.2) is 54.3 Å². The van der Waals surface area contributed by atoms with E-state index in [2.05, 4.69) is 20.3 Å². The van der Waals surface area contributed by atoms with Crippen LogP contribution in [0, 0.1) is 6.92 Å². The number of nitrogens with one attached hydrogen (secondary N) is 1. The fourth-order valence-electron chi connectivity index (χ4n) is 4.14. The highest BCUT2D eigenvalue weighted by Gasteiger charge is 2.18. The maximum atomic E-state index is 13.3. The van der Waals surface area contributed by atoms with Gasteiger partial charge < -0.3 is 15.8 Å². The quantitative estimate of drug-likeness (QED) is 0.305. The number of aryl methyl sites for hydroxylation is 1. The van der Waals surface area contributed by atoms with Crippen molar-refractivity contribution in [1.29, 1.82) is 0 Å². The van der Waals surface area contributed by atoms with Gasteiger partial charge in [0.15, 0.2) is 0 Å². The number of nitrogens with zero attached hydrogens (tertiary/aromatic N) is 3. The average Bonchev–Trinajstić information content (AvgIpc) is 3.29. The maximum Gasteiger partial charge on any atom is 0.258 e. The molecular formula is C26H22ClN5O2S. The largest absolute Gasteiger partial charge is 0.382 e. The number of nitrogen functional groups attached to an aromatic ring is 1. The van der Waals surface area contributed by atoms with Gasteiger partial charge in [0.25, 0.3) is 5.91 Å². The molecule has 0 aliphatic carbocycles. The Morgan fingerprint density at radius 2 is 2.00 bits per heavy atom. The highest BCUT2D eigenvalue weighted by atomic mass is 35.5. The molecule has 0 saturated heterocycles. The lowest BCUT2D eigenvalue weighted by Crippen LogP contribution is -2.13. The molecular weight excluding hydrogens is 482 g/mol. The number of methoxy groups -OCH3 is 1. The lowest BCUT2D eigenvalue weighted by Gasteiger charge is -2.14. The number of nitrogens with two attached hydrogens (primary N) is 1. The first kappa shape index (κ1) is 23.2. The SMILES string of the molecule is COCc1cc(Cc2nccc3c(NC(=O)c4csc5c(N)ncnc45)c(C)ccc23)ccc1Cl. The van der Waals surface area contributed by atoms with E-state index in [1.54, 1.807) is 18.7 Å². The number of pyridine rings is 1. The molecule has 0 spiro atoms. The number of halogens is 1. The van der Waals surface area contributed by atoms with E-state index in [-0.39, 0.29) is 5.91 Å². The van der Waals surface area contributed by atoms with Gasteiger partial charge in [-0.3, -0.25) is 9.78 Å². The van der Waals surface area contributed by atoms with Crippen molar-refractivity contribution in [2.45, 2.75) is 20.0 Å². The van der Waals surface area contributed by atoms with Crippen molar-refractivity contribution >= 4 is 61.3 Å². The van der Waals surface area contributed by atoms with Gasteiger partial charge in [-0.1, -0.05) is 35.9 Å². The van der Waals surface area contributed by atoms with E-state index >= 15 is 0 Å². The van der Waals surface area contributed by atoms with Crippen LogP contribution in [0.1, 0.15) is 32.7 Å². The summed E-state index contributed by atoms with van der Waals surface area (Å²) in [6, 6.07) is 11.9. The topological polar surface area (TPSA) is 103 Å². The molecule has 3 heterocycles. The Morgan fingerprint density at radius 1 is 1.14 bits per heavy atom. The summed E-state index contributed by atoms with van der Waals surface area (Å²) in [5.74, 6) is 0.122. The third-order valence-corrected chi connectivity index (χ3v) is 7.24. The third-order valence-electron chi connectivity index (χ3n) is 5.88. The zero-order valence-electron chi connectivity index (χ0n) is 19.1. The van der Waals surface area contributed by atoms with Gasteiger partial charge in [0, 0.05) is 40.9 Å². The van der Waals surface area contributed by atoms with Gasteiger partial charge in [-0.2, -0.15) is 0 Å². The van der Waals surface area contributed by atoms with Crippen LogP contribution in [0.5, 0.6) is 0 Å². The monoisotopic (exact) mass is 503 g/mol. The number of rotatable bonds is 6. The minimum atomic E-state index is -0.245. The van der Waals surface area contributed by atoms with Crippen LogP contribution in [0.25, 0.3) is 21.0 Å². The Balaban J connectivity index is 1.51. The van der Waals surface area contributed by atoms with Crippen molar-refractivity contribution < 1.29 is 9.53 Å². The highest BCUT2D eigenvalue weighted by Crippen LogP contribution is 2.32. The molecule has 5 rings (SSSR count). The number of fused-ring (bicyclic) bond motifs is 2. The standard InChI is InChI=1S/C26H22ClN5O2S/c1-14-3-5-17-18(7-8-29-21(17)10-15-4-6-20(27)16(9-15)11-34-2)22(14)32-26(33)19-12-35-24-23(19)30-13-31-25(24)28/h3-9,12-13H,10-11H2,1-2H3,(H,32,33)(H2,28,30,31). The smallest absolute Gasteiger partial charge is 0.258 e. The zero-order valence-corrected chi connectivity index (χ0v) is 20.7. The van der Waals surface area contributed by atoms with E-state index in [1.165, 1.54) is 17.7 Å². The number of carbonyl (C=O) groups is 1. The molecule has 176 valence electrons. The lowest BCUT2D eigenvalue weighted by atomic mass is 9.99. The number of hydrogen-bond donors (Lipinski definition) is 2. The van der Waals surface area contributed by atoms with E-state index in [1.807, 2.05) is 43.3 Å². The molecule has 3 aromatic heterocycles. The molecule has 0 aliphatic heterocycles. The molecule has 0 bridgehead atoms. The Morgan fingerprint density at radius 3 is 2.83 bits per heavy atom. The number of aromatic nitrogens is 3. The zero-order chi connectivity index (χ0) is 24.5. The van der Waals surface area contributed by atoms with E-state index < -0.39 is 0 Å². The fraction of sp³-hybridized carbons (Fsp3) is 0.154.